The Hall–Kier alpha value is -2.56. The molecule has 0 atom stereocenters. The Kier molecular flexibility index (Phi) is 4.20. The van der Waals surface area contributed by atoms with Crippen molar-refractivity contribution in [1.29, 1.82) is 0 Å². The summed E-state index contributed by atoms with van der Waals surface area (Å²) in [5.74, 6) is 0.229. The van der Waals surface area contributed by atoms with Gasteiger partial charge in [-0.1, -0.05) is 6.07 Å². The second-order valence-corrected chi connectivity index (χ2v) is 4.15. The summed E-state index contributed by atoms with van der Waals surface area (Å²) in [7, 11) is 0. The molecule has 104 valence electrons. The van der Waals surface area contributed by atoms with Crippen molar-refractivity contribution in [1.82, 2.24) is 0 Å². The van der Waals surface area contributed by atoms with E-state index >= 15 is 0 Å². The van der Waals surface area contributed by atoms with Gasteiger partial charge in [0.15, 0.2) is 12.0 Å². The lowest BCUT2D eigenvalue weighted by molar-refractivity contribution is -0.142. The number of carbonyl (C=O) groups is 2. The molecule has 2 rings (SSSR count). The minimum atomic E-state index is -0.336. The molecule has 0 spiro atoms. The van der Waals surface area contributed by atoms with Crippen LogP contribution in [0.2, 0.25) is 0 Å². The van der Waals surface area contributed by atoms with Crippen molar-refractivity contribution in [2.24, 2.45) is 0 Å². The van der Waals surface area contributed by atoms with E-state index < -0.39 is 0 Å². The molecule has 1 N–H and O–H groups in total. The number of hydrogen-bond acceptors (Lipinski definition) is 5. The van der Waals surface area contributed by atoms with Gasteiger partial charge in [-0.2, -0.15) is 0 Å². The minimum absolute atomic E-state index is 0.0180. The highest BCUT2D eigenvalue weighted by molar-refractivity contribution is 5.76. The zero-order valence-electron chi connectivity index (χ0n) is 11.0. The van der Waals surface area contributed by atoms with Crippen LogP contribution in [0.3, 0.4) is 0 Å². The fraction of sp³-hybridized carbons (Fsp3) is 0.200. The van der Waals surface area contributed by atoms with Gasteiger partial charge >= 0.3 is 5.97 Å². The van der Waals surface area contributed by atoms with Gasteiger partial charge in [-0.25, -0.2) is 0 Å². The summed E-state index contributed by atoms with van der Waals surface area (Å²) in [4.78, 5) is 22.0. The lowest BCUT2D eigenvalue weighted by Crippen LogP contribution is -2.07. The Bertz CT molecular complexity index is 627. The van der Waals surface area contributed by atoms with E-state index in [1.54, 1.807) is 25.1 Å². The van der Waals surface area contributed by atoms with Crippen molar-refractivity contribution in [2.75, 3.05) is 6.61 Å². The van der Waals surface area contributed by atoms with Crippen molar-refractivity contribution in [3.05, 3.63) is 41.7 Å². The first-order chi connectivity index (χ1) is 9.63. The van der Waals surface area contributed by atoms with Crippen LogP contribution in [0, 0.1) is 0 Å². The molecule has 0 aliphatic carbocycles. The van der Waals surface area contributed by atoms with E-state index in [1.807, 2.05) is 0 Å². The highest BCUT2D eigenvalue weighted by atomic mass is 16.5. The minimum Gasteiger partial charge on any atom is -0.507 e. The molecule has 0 unspecified atom stereocenters. The van der Waals surface area contributed by atoms with Crippen LogP contribution in [0.1, 0.15) is 23.0 Å². The van der Waals surface area contributed by atoms with E-state index in [9.17, 15) is 14.7 Å². The largest absolute Gasteiger partial charge is 0.507 e. The van der Waals surface area contributed by atoms with Crippen LogP contribution in [0.25, 0.3) is 11.3 Å². The van der Waals surface area contributed by atoms with E-state index in [0.717, 1.165) is 0 Å². The number of aldehydes is 1. The summed E-state index contributed by atoms with van der Waals surface area (Å²) >= 11 is 0. The molecular formula is C15H14O5. The maximum Gasteiger partial charge on any atom is 0.310 e. The topological polar surface area (TPSA) is 76.7 Å². The summed E-state index contributed by atoms with van der Waals surface area (Å²) in [6, 6.07) is 7.86. The van der Waals surface area contributed by atoms with Gasteiger partial charge < -0.3 is 14.3 Å². The van der Waals surface area contributed by atoms with Crippen LogP contribution in [0.5, 0.6) is 5.75 Å². The van der Waals surface area contributed by atoms with E-state index in [0.29, 0.717) is 29.8 Å². The van der Waals surface area contributed by atoms with Crippen molar-refractivity contribution in [3.63, 3.8) is 0 Å². The van der Waals surface area contributed by atoms with E-state index in [1.165, 1.54) is 12.1 Å². The summed E-state index contributed by atoms with van der Waals surface area (Å²) in [5.41, 5.74) is 1.13. The smallest absolute Gasteiger partial charge is 0.310 e. The van der Waals surface area contributed by atoms with Gasteiger partial charge in [0.25, 0.3) is 0 Å². The molecule has 0 fully saturated rings. The fourth-order valence-electron chi connectivity index (χ4n) is 1.83. The average Bonchev–Trinajstić information content (AvgIpc) is 2.90. The monoisotopic (exact) mass is 274 g/mol. The number of phenols is 1. The van der Waals surface area contributed by atoms with Crippen LogP contribution in [0.15, 0.2) is 34.7 Å². The van der Waals surface area contributed by atoms with Gasteiger partial charge in [-0.3, -0.25) is 9.59 Å². The zero-order valence-corrected chi connectivity index (χ0v) is 11.0. The first-order valence-corrected chi connectivity index (χ1v) is 6.17. The molecule has 0 amide bonds. The number of carbonyl (C=O) groups excluding carboxylic acids is 2. The third-order valence-electron chi connectivity index (χ3n) is 2.72. The predicted octanol–water partition coefficient (Wildman–Crippen LogP) is 2.57. The molecule has 1 aromatic carbocycles. The lowest BCUT2D eigenvalue weighted by atomic mass is 10.1. The molecule has 0 radical (unpaired) electrons. The Balaban J connectivity index is 2.28. The maximum atomic E-state index is 11.4. The van der Waals surface area contributed by atoms with Crippen LogP contribution in [-0.2, 0) is 16.0 Å². The predicted molar refractivity (Wildman–Crippen MR) is 71.5 cm³/mol. The molecule has 0 aliphatic heterocycles. The lowest BCUT2D eigenvalue weighted by Gasteiger charge is -2.06. The van der Waals surface area contributed by atoms with Crippen molar-refractivity contribution in [2.45, 2.75) is 13.3 Å². The molecular weight excluding hydrogens is 260 g/mol. The van der Waals surface area contributed by atoms with Crippen LogP contribution in [-0.4, -0.2) is 24.0 Å². The summed E-state index contributed by atoms with van der Waals surface area (Å²) < 4.78 is 10.1. The average molecular weight is 274 g/mol. The third kappa shape index (κ3) is 3.06. The Morgan fingerprint density at radius 2 is 2.15 bits per heavy atom. The number of hydrogen-bond donors (Lipinski definition) is 1. The summed E-state index contributed by atoms with van der Waals surface area (Å²) in [6.07, 6.45) is 0.700. The molecule has 0 bridgehead atoms. The molecule has 1 heterocycles. The van der Waals surface area contributed by atoms with Crippen LogP contribution >= 0.6 is 0 Å². The van der Waals surface area contributed by atoms with Gasteiger partial charge in [0.2, 0.25) is 0 Å². The van der Waals surface area contributed by atoms with Gasteiger partial charge in [0.05, 0.1) is 18.6 Å². The zero-order chi connectivity index (χ0) is 14.5. The van der Waals surface area contributed by atoms with Crippen LogP contribution < -0.4 is 0 Å². The molecule has 0 saturated carbocycles. The van der Waals surface area contributed by atoms with Gasteiger partial charge in [-0.05, 0) is 36.8 Å². The quantitative estimate of drug-likeness (QED) is 0.669. The number of aromatic hydroxyl groups is 1. The number of esters is 1. The SMILES string of the molecule is CCOC(=O)Cc1ccc(O)c(-c2ccc(C=O)o2)c1. The second-order valence-electron chi connectivity index (χ2n) is 4.15. The van der Waals surface area contributed by atoms with E-state index in [2.05, 4.69) is 0 Å². The molecule has 0 saturated heterocycles. The standard InChI is InChI=1S/C15H14O5/c1-2-19-15(18)8-10-3-5-13(17)12(7-10)14-6-4-11(9-16)20-14/h3-7,9,17H,2,8H2,1H3. The highest BCUT2D eigenvalue weighted by Crippen LogP contribution is 2.31. The molecule has 0 aliphatic rings. The first kappa shape index (κ1) is 13.9. The van der Waals surface area contributed by atoms with Crippen LogP contribution in [0.4, 0.5) is 0 Å². The van der Waals surface area contributed by atoms with Gasteiger partial charge in [0, 0.05) is 0 Å². The Labute approximate surface area is 115 Å². The highest BCUT2D eigenvalue weighted by Gasteiger charge is 2.12. The van der Waals surface area contributed by atoms with E-state index in [-0.39, 0.29) is 23.9 Å². The summed E-state index contributed by atoms with van der Waals surface area (Å²) in [6.45, 7) is 2.06. The molecule has 5 heteroatoms. The Morgan fingerprint density at radius 1 is 1.35 bits per heavy atom. The van der Waals surface area contributed by atoms with Gasteiger partial charge in [0.1, 0.15) is 11.5 Å². The molecule has 20 heavy (non-hydrogen) atoms. The fourth-order valence-corrected chi connectivity index (χ4v) is 1.83. The molecule has 2 aromatic rings. The maximum absolute atomic E-state index is 11.4. The number of benzene rings is 1. The number of phenolic OH excluding ortho intramolecular Hbond substituents is 1. The third-order valence-corrected chi connectivity index (χ3v) is 2.72. The number of furan rings is 1. The molecule has 1 aromatic heterocycles. The second kappa shape index (κ2) is 6.06. The van der Waals surface area contributed by atoms with E-state index in [4.69, 9.17) is 9.15 Å². The number of rotatable bonds is 5. The van der Waals surface area contributed by atoms with Crippen molar-refractivity contribution in [3.8, 4) is 17.1 Å². The Morgan fingerprint density at radius 3 is 2.80 bits per heavy atom. The van der Waals surface area contributed by atoms with Crippen molar-refractivity contribution < 1.29 is 23.8 Å². The van der Waals surface area contributed by atoms with Gasteiger partial charge in [-0.15, -0.1) is 0 Å². The summed E-state index contributed by atoms with van der Waals surface area (Å²) in [5, 5.41) is 9.84. The van der Waals surface area contributed by atoms with Crippen molar-refractivity contribution >= 4 is 12.3 Å². The normalized spacial score (nSPS) is 10.2. The molecule has 5 nitrogen and oxygen atoms in total. The first-order valence-electron chi connectivity index (χ1n) is 6.17. The number of ether oxygens (including phenoxy) is 1.